The molecule has 0 radical (unpaired) electrons. The van der Waals surface area contributed by atoms with Crippen molar-refractivity contribution in [2.45, 2.75) is 46.6 Å². The molecule has 1 N–H and O–H groups in total. The Hall–Kier alpha value is -0.670. The highest BCUT2D eigenvalue weighted by atomic mass is 19.3. The molecule has 0 bridgehead atoms. The molecule has 1 unspecified atom stereocenters. The third-order valence-corrected chi connectivity index (χ3v) is 3.49. The predicted molar refractivity (Wildman–Crippen MR) is 54.7 cm³/mol. The first-order valence-electron chi connectivity index (χ1n) is 5.30. The van der Waals surface area contributed by atoms with Crippen molar-refractivity contribution < 1.29 is 13.6 Å². The van der Waals surface area contributed by atoms with Gasteiger partial charge in [0.25, 0.3) is 5.92 Å². The highest BCUT2D eigenvalue weighted by Crippen LogP contribution is 2.65. The summed E-state index contributed by atoms with van der Waals surface area (Å²) in [5.74, 6) is -4.28. The van der Waals surface area contributed by atoms with Gasteiger partial charge in [0.15, 0.2) is 0 Å². The van der Waals surface area contributed by atoms with Gasteiger partial charge in [-0.05, 0) is 12.8 Å². The summed E-state index contributed by atoms with van der Waals surface area (Å²) >= 11 is 0. The van der Waals surface area contributed by atoms with Crippen LogP contribution in [-0.2, 0) is 4.79 Å². The summed E-state index contributed by atoms with van der Waals surface area (Å²) in [6.07, 6.45) is 0. The summed E-state index contributed by atoms with van der Waals surface area (Å²) < 4.78 is 26.4. The molecular formula is C11H19F2NO. The molecule has 15 heavy (non-hydrogen) atoms. The average molecular weight is 219 g/mol. The van der Waals surface area contributed by atoms with Crippen LogP contribution in [0.25, 0.3) is 0 Å². The van der Waals surface area contributed by atoms with Crippen molar-refractivity contribution in [3.05, 3.63) is 0 Å². The van der Waals surface area contributed by atoms with Gasteiger partial charge in [0.2, 0.25) is 5.91 Å². The lowest BCUT2D eigenvalue weighted by Crippen LogP contribution is -2.38. The zero-order chi connectivity index (χ0) is 12.0. The van der Waals surface area contributed by atoms with Crippen LogP contribution in [0, 0.1) is 17.3 Å². The van der Waals surface area contributed by atoms with Gasteiger partial charge in [0.05, 0.1) is 0 Å². The molecule has 0 spiro atoms. The summed E-state index contributed by atoms with van der Waals surface area (Å²) in [4.78, 5) is 11.6. The van der Waals surface area contributed by atoms with E-state index in [0.29, 0.717) is 0 Å². The lowest BCUT2D eigenvalue weighted by atomic mass is 10.1. The number of rotatable bonds is 3. The van der Waals surface area contributed by atoms with Crippen molar-refractivity contribution in [3.8, 4) is 0 Å². The zero-order valence-electron chi connectivity index (χ0n) is 9.90. The second kappa shape index (κ2) is 3.42. The maximum absolute atomic E-state index is 13.2. The topological polar surface area (TPSA) is 29.1 Å². The van der Waals surface area contributed by atoms with E-state index in [9.17, 15) is 13.6 Å². The molecule has 0 aromatic rings. The summed E-state index contributed by atoms with van der Waals surface area (Å²) in [5, 5.41) is 2.63. The summed E-state index contributed by atoms with van der Waals surface area (Å²) in [6.45, 7) is 8.58. The molecule has 1 aliphatic rings. The molecule has 1 rings (SSSR count). The number of hydrogen-bond donors (Lipinski definition) is 1. The van der Waals surface area contributed by atoms with Gasteiger partial charge in [-0.3, -0.25) is 4.79 Å². The van der Waals surface area contributed by atoms with E-state index in [1.807, 2.05) is 20.8 Å². The minimum atomic E-state index is -2.85. The molecule has 4 heteroatoms. The van der Waals surface area contributed by atoms with E-state index >= 15 is 0 Å². The van der Waals surface area contributed by atoms with Crippen LogP contribution in [0.5, 0.6) is 0 Å². The smallest absolute Gasteiger partial charge is 0.266 e. The van der Waals surface area contributed by atoms with E-state index in [-0.39, 0.29) is 12.0 Å². The molecular weight excluding hydrogens is 200 g/mol. The van der Waals surface area contributed by atoms with Crippen molar-refractivity contribution in [1.82, 2.24) is 5.32 Å². The Morgan fingerprint density at radius 2 is 1.67 bits per heavy atom. The van der Waals surface area contributed by atoms with E-state index in [1.165, 1.54) is 13.8 Å². The molecule has 2 atom stereocenters. The molecule has 0 heterocycles. The fourth-order valence-electron chi connectivity index (χ4n) is 1.62. The molecule has 1 fully saturated rings. The van der Waals surface area contributed by atoms with Crippen LogP contribution in [0.4, 0.5) is 8.78 Å². The van der Waals surface area contributed by atoms with Crippen LogP contribution in [-0.4, -0.2) is 17.9 Å². The highest BCUT2D eigenvalue weighted by molar-refractivity contribution is 5.84. The minimum Gasteiger partial charge on any atom is -0.353 e. The maximum Gasteiger partial charge on any atom is 0.266 e. The Morgan fingerprint density at radius 3 is 1.93 bits per heavy atom. The van der Waals surface area contributed by atoms with Crippen molar-refractivity contribution >= 4 is 5.91 Å². The average Bonchev–Trinajstić information content (AvgIpc) is 2.41. The molecule has 0 aromatic carbocycles. The Balaban J connectivity index is 2.59. The lowest BCUT2D eigenvalue weighted by Gasteiger charge is -2.17. The third-order valence-electron chi connectivity index (χ3n) is 3.49. The normalized spacial score (nSPS) is 28.7. The first-order valence-corrected chi connectivity index (χ1v) is 5.30. The fraction of sp³-hybridized carbons (Fsp3) is 0.909. The predicted octanol–water partition coefficient (Wildman–Crippen LogP) is 2.44. The lowest BCUT2D eigenvalue weighted by molar-refractivity contribution is -0.125. The Labute approximate surface area is 89.4 Å². The standard InChI is InChI=1S/C11H19F2NO/c1-6(2)7(3)14-9(15)8-10(4,5)11(8,12)13/h6-8H,1-5H3,(H,14,15)/t7-,8?/m1/s1. The van der Waals surface area contributed by atoms with Crippen LogP contribution in [0.1, 0.15) is 34.6 Å². The van der Waals surface area contributed by atoms with Crippen LogP contribution < -0.4 is 5.32 Å². The molecule has 1 saturated carbocycles. The Morgan fingerprint density at radius 1 is 1.27 bits per heavy atom. The molecule has 0 aromatic heterocycles. The molecule has 88 valence electrons. The molecule has 1 aliphatic carbocycles. The van der Waals surface area contributed by atoms with Crippen molar-refractivity contribution in [3.63, 3.8) is 0 Å². The number of halogens is 2. The van der Waals surface area contributed by atoms with Crippen molar-refractivity contribution in [2.75, 3.05) is 0 Å². The number of hydrogen-bond acceptors (Lipinski definition) is 1. The first kappa shape index (κ1) is 12.4. The largest absolute Gasteiger partial charge is 0.353 e. The van der Waals surface area contributed by atoms with Gasteiger partial charge >= 0.3 is 0 Å². The monoisotopic (exact) mass is 219 g/mol. The van der Waals surface area contributed by atoms with Crippen LogP contribution in [0.3, 0.4) is 0 Å². The van der Waals surface area contributed by atoms with Crippen LogP contribution in [0.15, 0.2) is 0 Å². The summed E-state index contributed by atoms with van der Waals surface area (Å²) in [5.41, 5.74) is -1.19. The van der Waals surface area contributed by atoms with E-state index in [1.54, 1.807) is 0 Å². The first-order chi connectivity index (χ1) is 6.62. The fourth-order valence-corrected chi connectivity index (χ4v) is 1.62. The van der Waals surface area contributed by atoms with E-state index in [2.05, 4.69) is 5.32 Å². The molecule has 0 aliphatic heterocycles. The zero-order valence-corrected chi connectivity index (χ0v) is 9.90. The molecule has 0 saturated heterocycles. The Bertz CT molecular complexity index is 260. The Kier molecular flexibility index (Phi) is 2.83. The highest BCUT2D eigenvalue weighted by Gasteiger charge is 2.78. The number of alkyl halides is 2. The van der Waals surface area contributed by atoms with Gasteiger partial charge in [-0.25, -0.2) is 8.78 Å². The van der Waals surface area contributed by atoms with Crippen molar-refractivity contribution in [2.24, 2.45) is 17.3 Å². The SMILES string of the molecule is CC(C)[C@@H](C)NC(=O)C1C(C)(C)C1(F)F. The molecule has 1 amide bonds. The maximum atomic E-state index is 13.2. The van der Waals surface area contributed by atoms with Gasteiger partial charge < -0.3 is 5.32 Å². The number of nitrogens with one attached hydrogen (secondary N) is 1. The van der Waals surface area contributed by atoms with E-state index in [0.717, 1.165) is 0 Å². The van der Waals surface area contributed by atoms with Gasteiger partial charge in [-0.1, -0.05) is 27.7 Å². The van der Waals surface area contributed by atoms with Crippen molar-refractivity contribution in [1.29, 1.82) is 0 Å². The summed E-state index contributed by atoms with van der Waals surface area (Å²) in [6, 6.07) is -0.0651. The third kappa shape index (κ3) is 1.86. The van der Waals surface area contributed by atoms with Gasteiger partial charge in [0, 0.05) is 11.5 Å². The number of carbonyl (C=O) groups is 1. The minimum absolute atomic E-state index is 0.0651. The summed E-state index contributed by atoms with van der Waals surface area (Å²) in [7, 11) is 0. The van der Waals surface area contributed by atoms with Gasteiger partial charge in [-0.15, -0.1) is 0 Å². The quantitative estimate of drug-likeness (QED) is 0.776. The van der Waals surface area contributed by atoms with Gasteiger partial charge in [-0.2, -0.15) is 0 Å². The van der Waals surface area contributed by atoms with Crippen LogP contribution in [0.2, 0.25) is 0 Å². The van der Waals surface area contributed by atoms with E-state index in [4.69, 9.17) is 0 Å². The van der Waals surface area contributed by atoms with Gasteiger partial charge in [0.1, 0.15) is 5.92 Å². The van der Waals surface area contributed by atoms with E-state index < -0.39 is 23.2 Å². The number of carbonyl (C=O) groups excluding carboxylic acids is 1. The number of amides is 1. The second-order valence-electron chi connectivity index (χ2n) is 5.32. The van der Waals surface area contributed by atoms with Crippen LogP contribution >= 0.6 is 0 Å². The second-order valence-corrected chi connectivity index (χ2v) is 5.32. The molecule has 2 nitrogen and oxygen atoms in total.